The van der Waals surface area contributed by atoms with Crippen LogP contribution in [0.1, 0.15) is 27.7 Å². The lowest BCUT2D eigenvalue weighted by Gasteiger charge is -2.04. The summed E-state index contributed by atoms with van der Waals surface area (Å²) in [5, 5.41) is 7.03. The number of hydrogen-bond acceptors (Lipinski definition) is 4. The van der Waals surface area contributed by atoms with E-state index in [9.17, 15) is 4.79 Å². The predicted octanol–water partition coefficient (Wildman–Crippen LogP) is 3.04. The van der Waals surface area contributed by atoms with Crippen molar-refractivity contribution in [2.75, 3.05) is 24.1 Å². The highest BCUT2D eigenvalue weighted by atomic mass is 32.1. The molecule has 0 aliphatic carbocycles. The Balaban J connectivity index is 1.92. The van der Waals surface area contributed by atoms with Crippen LogP contribution >= 0.6 is 11.3 Å². The minimum absolute atomic E-state index is 0.105. The molecule has 1 aromatic carbocycles. The van der Waals surface area contributed by atoms with Gasteiger partial charge in [0.2, 0.25) is 0 Å². The van der Waals surface area contributed by atoms with Crippen molar-refractivity contribution < 1.29 is 4.79 Å². The first-order valence-corrected chi connectivity index (χ1v) is 7.88. The summed E-state index contributed by atoms with van der Waals surface area (Å²) in [6, 6.07) is 10.3. The van der Waals surface area contributed by atoms with Crippen molar-refractivity contribution in [3.63, 3.8) is 0 Å². The molecule has 0 bridgehead atoms. The molecule has 0 atom stereocenters. The molecule has 5 heteroatoms. The van der Waals surface area contributed by atoms with Gasteiger partial charge in [0.25, 0.3) is 5.91 Å². The van der Waals surface area contributed by atoms with E-state index in [2.05, 4.69) is 41.8 Å². The molecule has 0 radical (unpaired) electrons. The largest absolute Gasteiger partial charge is 0.397 e. The van der Waals surface area contributed by atoms with E-state index in [1.807, 2.05) is 13.0 Å². The van der Waals surface area contributed by atoms with Crippen LogP contribution in [0.15, 0.2) is 30.3 Å². The molecule has 1 aromatic heterocycles. The van der Waals surface area contributed by atoms with Gasteiger partial charge in [0.15, 0.2) is 0 Å². The highest BCUT2D eigenvalue weighted by molar-refractivity contribution is 7.18. The number of nitrogen functional groups attached to an aromatic ring is 1. The van der Waals surface area contributed by atoms with Crippen LogP contribution in [0, 0.1) is 6.92 Å². The standard InChI is InChI=1S/C16H21N3OS/c1-3-18-16(20)15-13(17)10-14(21-15)19-8-7-12-6-4-5-11(2)9-12/h4-6,9-10,19H,3,7-8,17H2,1-2H3,(H,18,20). The van der Waals surface area contributed by atoms with Crippen LogP contribution in [0.2, 0.25) is 0 Å². The number of nitrogens with two attached hydrogens (primary N) is 1. The van der Waals surface area contributed by atoms with Gasteiger partial charge < -0.3 is 16.4 Å². The van der Waals surface area contributed by atoms with E-state index in [-0.39, 0.29) is 5.91 Å². The number of rotatable bonds is 6. The number of anilines is 2. The van der Waals surface area contributed by atoms with Crippen LogP contribution in [-0.4, -0.2) is 19.0 Å². The SMILES string of the molecule is CCNC(=O)c1sc(NCCc2cccc(C)c2)cc1N. The average Bonchev–Trinajstić information content (AvgIpc) is 2.80. The zero-order valence-electron chi connectivity index (χ0n) is 12.4. The maximum absolute atomic E-state index is 11.8. The van der Waals surface area contributed by atoms with Gasteiger partial charge in [0.05, 0.1) is 10.7 Å². The van der Waals surface area contributed by atoms with Gasteiger partial charge in [-0.2, -0.15) is 0 Å². The summed E-state index contributed by atoms with van der Waals surface area (Å²) in [5.41, 5.74) is 8.99. The Labute approximate surface area is 129 Å². The lowest BCUT2D eigenvalue weighted by Crippen LogP contribution is -2.22. The van der Waals surface area contributed by atoms with Crippen LogP contribution in [0.5, 0.6) is 0 Å². The molecule has 0 saturated carbocycles. The van der Waals surface area contributed by atoms with Crippen molar-refractivity contribution in [1.29, 1.82) is 0 Å². The summed E-state index contributed by atoms with van der Waals surface area (Å²) in [7, 11) is 0. The number of hydrogen-bond donors (Lipinski definition) is 3. The van der Waals surface area contributed by atoms with Crippen molar-refractivity contribution in [3.05, 3.63) is 46.3 Å². The molecule has 0 aliphatic rings. The van der Waals surface area contributed by atoms with E-state index in [1.54, 1.807) is 0 Å². The fourth-order valence-electron chi connectivity index (χ4n) is 2.11. The van der Waals surface area contributed by atoms with Crippen molar-refractivity contribution in [3.8, 4) is 0 Å². The first-order chi connectivity index (χ1) is 10.1. The van der Waals surface area contributed by atoms with Crippen molar-refractivity contribution in [1.82, 2.24) is 5.32 Å². The zero-order valence-corrected chi connectivity index (χ0v) is 13.2. The lowest BCUT2D eigenvalue weighted by atomic mass is 10.1. The maximum Gasteiger partial charge on any atom is 0.263 e. The molecule has 2 rings (SSSR count). The normalized spacial score (nSPS) is 10.4. The van der Waals surface area contributed by atoms with Gasteiger partial charge in [0, 0.05) is 13.1 Å². The fourth-order valence-corrected chi connectivity index (χ4v) is 3.03. The fraction of sp³-hybridized carbons (Fsp3) is 0.312. The third kappa shape index (κ3) is 4.23. The van der Waals surface area contributed by atoms with Gasteiger partial charge in [-0.3, -0.25) is 4.79 Å². The molecule has 1 heterocycles. The van der Waals surface area contributed by atoms with Crippen molar-refractivity contribution in [2.45, 2.75) is 20.3 Å². The Morgan fingerprint density at radius 2 is 2.14 bits per heavy atom. The summed E-state index contributed by atoms with van der Waals surface area (Å²) in [5.74, 6) is -0.105. The second kappa shape index (κ2) is 7.13. The number of carbonyl (C=O) groups excluding carboxylic acids is 1. The molecule has 21 heavy (non-hydrogen) atoms. The summed E-state index contributed by atoms with van der Waals surface area (Å²) in [4.78, 5) is 12.4. The molecule has 0 unspecified atom stereocenters. The van der Waals surface area contributed by atoms with E-state index in [0.29, 0.717) is 17.1 Å². The Bertz CT molecular complexity index is 622. The maximum atomic E-state index is 11.8. The molecule has 0 aliphatic heterocycles. The summed E-state index contributed by atoms with van der Waals surface area (Å²) in [6.45, 7) is 5.41. The average molecular weight is 303 g/mol. The van der Waals surface area contributed by atoms with Gasteiger partial charge >= 0.3 is 0 Å². The van der Waals surface area contributed by atoms with Gasteiger partial charge in [-0.1, -0.05) is 29.8 Å². The van der Waals surface area contributed by atoms with Crippen molar-refractivity contribution in [2.24, 2.45) is 0 Å². The molecule has 112 valence electrons. The zero-order chi connectivity index (χ0) is 15.2. The predicted molar refractivity (Wildman–Crippen MR) is 90.1 cm³/mol. The van der Waals surface area contributed by atoms with Gasteiger partial charge in [-0.05, 0) is 31.9 Å². The van der Waals surface area contributed by atoms with E-state index >= 15 is 0 Å². The minimum Gasteiger partial charge on any atom is -0.397 e. The molecule has 2 aromatic rings. The number of carbonyl (C=O) groups is 1. The molecular weight excluding hydrogens is 282 g/mol. The van der Waals surface area contributed by atoms with Crippen molar-refractivity contribution >= 4 is 27.9 Å². The number of thiophene rings is 1. The quantitative estimate of drug-likeness (QED) is 0.768. The molecule has 1 amide bonds. The van der Waals surface area contributed by atoms with E-state index < -0.39 is 0 Å². The highest BCUT2D eigenvalue weighted by Gasteiger charge is 2.13. The van der Waals surface area contributed by atoms with Crippen LogP contribution in [0.3, 0.4) is 0 Å². The van der Waals surface area contributed by atoms with Gasteiger partial charge in [-0.15, -0.1) is 11.3 Å². The van der Waals surface area contributed by atoms with Gasteiger partial charge in [-0.25, -0.2) is 0 Å². The highest BCUT2D eigenvalue weighted by Crippen LogP contribution is 2.29. The van der Waals surface area contributed by atoms with Gasteiger partial charge in [0.1, 0.15) is 4.88 Å². The van der Waals surface area contributed by atoms with E-state index in [0.717, 1.165) is 18.0 Å². The summed E-state index contributed by atoms with van der Waals surface area (Å²) < 4.78 is 0. The van der Waals surface area contributed by atoms with E-state index in [4.69, 9.17) is 5.73 Å². The van der Waals surface area contributed by atoms with Crippen LogP contribution in [-0.2, 0) is 6.42 Å². The molecule has 0 fully saturated rings. The monoisotopic (exact) mass is 303 g/mol. The Morgan fingerprint density at radius 3 is 2.86 bits per heavy atom. The summed E-state index contributed by atoms with van der Waals surface area (Å²) >= 11 is 1.40. The molecule has 4 N–H and O–H groups in total. The third-order valence-electron chi connectivity index (χ3n) is 3.10. The minimum atomic E-state index is -0.105. The van der Waals surface area contributed by atoms with Crippen LogP contribution in [0.4, 0.5) is 10.7 Å². The topological polar surface area (TPSA) is 67.2 Å². The van der Waals surface area contributed by atoms with Crippen LogP contribution < -0.4 is 16.4 Å². The number of amides is 1. The first-order valence-electron chi connectivity index (χ1n) is 7.07. The Morgan fingerprint density at radius 1 is 1.33 bits per heavy atom. The lowest BCUT2D eigenvalue weighted by molar-refractivity contribution is 0.0960. The number of benzene rings is 1. The number of aryl methyl sites for hydroxylation is 1. The second-order valence-corrected chi connectivity index (χ2v) is 5.97. The Kier molecular flexibility index (Phi) is 5.22. The summed E-state index contributed by atoms with van der Waals surface area (Å²) in [6.07, 6.45) is 0.940. The van der Waals surface area contributed by atoms with E-state index in [1.165, 1.54) is 22.5 Å². The molecule has 0 saturated heterocycles. The Hall–Kier alpha value is -2.01. The molecule has 0 spiro atoms. The molecule has 4 nitrogen and oxygen atoms in total. The third-order valence-corrected chi connectivity index (χ3v) is 4.21. The first kappa shape index (κ1) is 15.4. The second-order valence-electron chi connectivity index (χ2n) is 4.92. The smallest absolute Gasteiger partial charge is 0.263 e. The van der Waals surface area contributed by atoms with Crippen LogP contribution in [0.25, 0.3) is 0 Å². The molecular formula is C16H21N3OS. The number of nitrogens with one attached hydrogen (secondary N) is 2.